The summed E-state index contributed by atoms with van der Waals surface area (Å²) < 4.78 is 37.6. The van der Waals surface area contributed by atoms with E-state index < -0.39 is 12.1 Å². The summed E-state index contributed by atoms with van der Waals surface area (Å²) in [4.78, 5) is 6.72. The fraction of sp³-hybridized carbons (Fsp3) is 0.700. The molecule has 2 rings (SSSR count). The second-order valence-corrected chi connectivity index (χ2v) is 5.35. The molecule has 7 heteroatoms. The van der Waals surface area contributed by atoms with Crippen LogP contribution in [0.15, 0.2) is 6.20 Å². The Hall–Kier alpha value is -0.820. The number of hydrogen-bond donors (Lipinski definition) is 1. The third kappa shape index (κ3) is 2.71. The van der Waals surface area contributed by atoms with Gasteiger partial charge in [0.2, 0.25) is 0 Å². The molecule has 0 amide bonds. The normalized spacial score (nSPS) is 23.1. The molecule has 2 N–H and O–H groups in total. The van der Waals surface area contributed by atoms with Gasteiger partial charge in [0.25, 0.3) is 0 Å². The quantitative estimate of drug-likeness (QED) is 0.893. The Balaban J connectivity index is 2.05. The summed E-state index contributed by atoms with van der Waals surface area (Å²) in [6.07, 6.45) is -2.31. The molecule has 17 heavy (non-hydrogen) atoms. The number of anilines is 1. The van der Waals surface area contributed by atoms with Crippen molar-refractivity contribution in [3.8, 4) is 0 Å². The Kier molecular flexibility index (Phi) is 3.31. The van der Waals surface area contributed by atoms with Gasteiger partial charge >= 0.3 is 6.18 Å². The first-order valence-electron chi connectivity index (χ1n) is 5.41. The monoisotopic (exact) mass is 265 g/mol. The molecule has 0 bridgehead atoms. The highest BCUT2D eigenvalue weighted by molar-refractivity contribution is 7.15. The third-order valence-corrected chi connectivity index (χ3v) is 4.14. The minimum atomic E-state index is -4.10. The van der Waals surface area contributed by atoms with Crippen LogP contribution in [-0.4, -0.2) is 24.2 Å². The minimum Gasteiger partial charge on any atom is -0.347 e. The number of rotatable bonds is 2. The van der Waals surface area contributed by atoms with Crippen LogP contribution < -0.4 is 10.6 Å². The first kappa shape index (κ1) is 12.6. The standard InChI is InChI=1S/C10H14F3N3S/c1-6(14)8-4-15-9(17-8)16-3-2-7(5-16)10(11,12)13/h4,6-7H,2-3,5,14H2,1H3. The van der Waals surface area contributed by atoms with Crippen LogP contribution in [0.25, 0.3) is 0 Å². The predicted octanol–water partition coefficient (Wildman–Crippen LogP) is 2.55. The van der Waals surface area contributed by atoms with Crippen LogP contribution in [-0.2, 0) is 0 Å². The Bertz CT molecular complexity index is 388. The molecule has 1 aliphatic heterocycles. The van der Waals surface area contributed by atoms with Gasteiger partial charge in [-0.15, -0.1) is 11.3 Å². The molecule has 1 fully saturated rings. The highest BCUT2D eigenvalue weighted by atomic mass is 32.1. The molecule has 0 spiro atoms. The van der Waals surface area contributed by atoms with Gasteiger partial charge in [-0.1, -0.05) is 0 Å². The van der Waals surface area contributed by atoms with Crippen molar-refractivity contribution in [2.24, 2.45) is 11.7 Å². The number of nitrogens with two attached hydrogens (primary N) is 1. The van der Waals surface area contributed by atoms with Gasteiger partial charge in [0, 0.05) is 30.2 Å². The highest BCUT2D eigenvalue weighted by Crippen LogP contribution is 2.37. The number of halogens is 3. The van der Waals surface area contributed by atoms with Crippen molar-refractivity contribution < 1.29 is 13.2 Å². The van der Waals surface area contributed by atoms with E-state index in [1.54, 1.807) is 11.1 Å². The number of nitrogens with zero attached hydrogens (tertiary/aromatic N) is 2. The summed E-state index contributed by atoms with van der Waals surface area (Å²) in [5.74, 6) is -1.23. The zero-order valence-electron chi connectivity index (χ0n) is 9.37. The first-order chi connectivity index (χ1) is 7.88. The lowest BCUT2D eigenvalue weighted by molar-refractivity contribution is -0.168. The molecule has 96 valence electrons. The summed E-state index contributed by atoms with van der Waals surface area (Å²) in [5.41, 5.74) is 5.69. The lowest BCUT2D eigenvalue weighted by Gasteiger charge is -2.16. The number of hydrogen-bond acceptors (Lipinski definition) is 4. The van der Waals surface area contributed by atoms with Gasteiger partial charge in [-0.3, -0.25) is 0 Å². The van der Waals surface area contributed by atoms with Crippen LogP contribution in [0.1, 0.15) is 24.3 Å². The van der Waals surface area contributed by atoms with E-state index in [-0.39, 0.29) is 19.0 Å². The van der Waals surface area contributed by atoms with Crippen molar-refractivity contribution in [2.45, 2.75) is 25.6 Å². The number of alkyl halides is 3. The molecular weight excluding hydrogens is 251 g/mol. The summed E-state index contributed by atoms with van der Waals surface area (Å²) in [6.45, 7) is 2.26. The lowest BCUT2D eigenvalue weighted by Crippen LogP contribution is -2.27. The fourth-order valence-electron chi connectivity index (χ4n) is 1.83. The van der Waals surface area contributed by atoms with E-state index >= 15 is 0 Å². The van der Waals surface area contributed by atoms with Crippen molar-refractivity contribution in [3.05, 3.63) is 11.1 Å². The molecule has 0 aliphatic carbocycles. The van der Waals surface area contributed by atoms with Gasteiger partial charge in [0.1, 0.15) is 0 Å². The van der Waals surface area contributed by atoms with Crippen LogP contribution in [0.3, 0.4) is 0 Å². The van der Waals surface area contributed by atoms with Crippen LogP contribution >= 0.6 is 11.3 Å². The smallest absolute Gasteiger partial charge is 0.347 e. The van der Waals surface area contributed by atoms with Gasteiger partial charge in [-0.2, -0.15) is 13.2 Å². The van der Waals surface area contributed by atoms with Crippen LogP contribution in [0.5, 0.6) is 0 Å². The molecule has 2 unspecified atom stereocenters. The molecule has 0 saturated carbocycles. The number of thiazole rings is 1. The van der Waals surface area contributed by atoms with E-state index in [9.17, 15) is 13.2 Å². The summed E-state index contributed by atoms with van der Waals surface area (Å²) in [7, 11) is 0. The van der Waals surface area contributed by atoms with Gasteiger partial charge in [-0.05, 0) is 13.3 Å². The average molecular weight is 265 g/mol. The SMILES string of the molecule is CC(N)c1cnc(N2CCC(C(F)(F)F)C2)s1. The minimum absolute atomic E-state index is 0.00933. The fourth-order valence-corrected chi connectivity index (χ4v) is 2.74. The van der Waals surface area contributed by atoms with E-state index in [4.69, 9.17) is 5.73 Å². The maximum atomic E-state index is 12.5. The van der Waals surface area contributed by atoms with E-state index in [1.165, 1.54) is 11.3 Å². The number of aromatic nitrogens is 1. The second kappa shape index (κ2) is 4.45. The second-order valence-electron chi connectivity index (χ2n) is 4.31. The molecule has 2 heterocycles. The maximum Gasteiger partial charge on any atom is 0.393 e. The first-order valence-corrected chi connectivity index (χ1v) is 6.22. The molecule has 1 aliphatic rings. The van der Waals surface area contributed by atoms with Gasteiger partial charge < -0.3 is 10.6 Å². The lowest BCUT2D eigenvalue weighted by atomic mass is 10.1. The topological polar surface area (TPSA) is 42.1 Å². The molecule has 1 aromatic rings. The summed E-state index contributed by atoms with van der Waals surface area (Å²) in [6, 6.07) is -0.123. The van der Waals surface area contributed by atoms with Crippen LogP contribution in [0.2, 0.25) is 0 Å². The highest BCUT2D eigenvalue weighted by Gasteiger charge is 2.44. The van der Waals surface area contributed by atoms with Crippen LogP contribution in [0, 0.1) is 5.92 Å². The predicted molar refractivity (Wildman–Crippen MR) is 61.1 cm³/mol. The maximum absolute atomic E-state index is 12.5. The van der Waals surface area contributed by atoms with Crippen molar-refractivity contribution in [3.63, 3.8) is 0 Å². The molecule has 0 aromatic carbocycles. The zero-order valence-corrected chi connectivity index (χ0v) is 10.2. The third-order valence-electron chi connectivity index (χ3n) is 2.88. The Labute approximate surface area is 101 Å². The van der Waals surface area contributed by atoms with Gasteiger partial charge in [0.05, 0.1) is 5.92 Å². The molecule has 0 radical (unpaired) electrons. The Morgan fingerprint density at radius 1 is 1.59 bits per heavy atom. The average Bonchev–Trinajstić information content (AvgIpc) is 2.85. The van der Waals surface area contributed by atoms with Gasteiger partial charge in [-0.25, -0.2) is 4.98 Å². The van der Waals surface area contributed by atoms with Gasteiger partial charge in [0.15, 0.2) is 5.13 Å². The van der Waals surface area contributed by atoms with Crippen molar-refractivity contribution in [2.75, 3.05) is 18.0 Å². The Morgan fingerprint density at radius 3 is 2.76 bits per heavy atom. The van der Waals surface area contributed by atoms with Crippen molar-refractivity contribution in [1.82, 2.24) is 4.98 Å². The molecule has 1 saturated heterocycles. The van der Waals surface area contributed by atoms with E-state index in [0.29, 0.717) is 11.7 Å². The summed E-state index contributed by atoms with van der Waals surface area (Å²) in [5, 5.41) is 0.643. The van der Waals surface area contributed by atoms with Crippen molar-refractivity contribution in [1.29, 1.82) is 0 Å². The summed E-state index contributed by atoms with van der Waals surface area (Å²) >= 11 is 1.37. The Morgan fingerprint density at radius 2 is 2.29 bits per heavy atom. The zero-order chi connectivity index (χ0) is 12.6. The molecule has 3 nitrogen and oxygen atoms in total. The van der Waals surface area contributed by atoms with E-state index in [1.807, 2.05) is 6.92 Å². The van der Waals surface area contributed by atoms with E-state index in [2.05, 4.69) is 4.98 Å². The molecular formula is C10H14F3N3S. The van der Waals surface area contributed by atoms with Crippen LogP contribution in [0.4, 0.5) is 18.3 Å². The van der Waals surface area contributed by atoms with Crippen molar-refractivity contribution >= 4 is 16.5 Å². The molecule has 1 aromatic heterocycles. The largest absolute Gasteiger partial charge is 0.393 e. The van der Waals surface area contributed by atoms with E-state index in [0.717, 1.165) is 4.88 Å². The molecule has 2 atom stereocenters.